The number of benzene rings is 1. The third-order valence-corrected chi connectivity index (χ3v) is 4.48. The summed E-state index contributed by atoms with van der Waals surface area (Å²) >= 11 is 0. The maximum absolute atomic E-state index is 12.8. The summed E-state index contributed by atoms with van der Waals surface area (Å²) in [6.45, 7) is 5.71. The number of para-hydroxylation sites is 1. The number of fused-ring (bicyclic) bond motifs is 1. The zero-order valence-electron chi connectivity index (χ0n) is 14.9. The van der Waals surface area contributed by atoms with Crippen LogP contribution >= 0.6 is 0 Å². The van der Waals surface area contributed by atoms with Gasteiger partial charge in [0.05, 0.1) is 19.1 Å². The molecule has 0 spiro atoms. The number of carboxylic acids is 1. The Morgan fingerprint density at radius 2 is 2.16 bits per heavy atom. The lowest BCUT2D eigenvalue weighted by Crippen LogP contribution is -2.40. The van der Waals surface area contributed by atoms with Gasteiger partial charge in [-0.15, -0.1) is 0 Å². The Morgan fingerprint density at radius 1 is 1.40 bits per heavy atom. The van der Waals surface area contributed by atoms with Crippen LogP contribution < -0.4 is 4.74 Å². The van der Waals surface area contributed by atoms with Crippen LogP contribution in [0.25, 0.3) is 0 Å². The lowest BCUT2D eigenvalue weighted by atomic mass is 9.89. The molecule has 0 unspecified atom stereocenters. The van der Waals surface area contributed by atoms with Gasteiger partial charge in [0.1, 0.15) is 5.75 Å². The van der Waals surface area contributed by atoms with Gasteiger partial charge in [-0.3, -0.25) is 9.59 Å². The van der Waals surface area contributed by atoms with E-state index in [2.05, 4.69) is 0 Å². The van der Waals surface area contributed by atoms with E-state index < -0.39 is 11.9 Å². The minimum absolute atomic E-state index is 0.0329. The number of ether oxygens (including phenoxy) is 2. The minimum Gasteiger partial charge on any atom is -0.493 e. The van der Waals surface area contributed by atoms with E-state index in [0.717, 1.165) is 17.7 Å². The predicted molar refractivity (Wildman–Crippen MR) is 93.8 cm³/mol. The fourth-order valence-corrected chi connectivity index (χ4v) is 3.01. The Bertz CT molecular complexity index is 589. The summed E-state index contributed by atoms with van der Waals surface area (Å²) in [7, 11) is 0. The lowest BCUT2D eigenvalue weighted by molar-refractivity contribution is -0.143. The highest BCUT2D eigenvalue weighted by Gasteiger charge is 2.27. The molecule has 0 bridgehead atoms. The Balaban J connectivity index is 2.04. The molecule has 1 aromatic rings. The van der Waals surface area contributed by atoms with Crippen molar-refractivity contribution in [1.29, 1.82) is 0 Å². The van der Waals surface area contributed by atoms with Crippen molar-refractivity contribution < 1.29 is 24.2 Å². The Hall–Kier alpha value is -2.08. The fourth-order valence-electron chi connectivity index (χ4n) is 3.01. The average molecular weight is 349 g/mol. The van der Waals surface area contributed by atoms with Gasteiger partial charge < -0.3 is 19.5 Å². The first kappa shape index (κ1) is 19.2. The number of amides is 1. The molecule has 1 N–H and O–H groups in total. The molecule has 0 radical (unpaired) electrons. The second-order valence-corrected chi connectivity index (χ2v) is 6.35. The molecule has 0 aliphatic carbocycles. The molecule has 1 heterocycles. The molecule has 0 fully saturated rings. The molecule has 1 aliphatic rings. The van der Waals surface area contributed by atoms with Gasteiger partial charge in [-0.1, -0.05) is 25.1 Å². The molecule has 0 saturated heterocycles. The van der Waals surface area contributed by atoms with E-state index in [-0.39, 0.29) is 18.4 Å². The van der Waals surface area contributed by atoms with Gasteiger partial charge in [0.2, 0.25) is 5.91 Å². The smallest absolute Gasteiger partial charge is 0.308 e. The molecule has 1 amide bonds. The summed E-state index contributed by atoms with van der Waals surface area (Å²) in [5.74, 6) is -0.592. The van der Waals surface area contributed by atoms with Crippen molar-refractivity contribution in [3.05, 3.63) is 29.8 Å². The van der Waals surface area contributed by atoms with Gasteiger partial charge in [-0.05, 0) is 30.9 Å². The first-order chi connectivity index (χ1) is 12.0. The Labute approximate surface area is 148 Å². The highest BCUT2D eigenvalue weighted by Crippen LogP contribution is 2.35. The molecule has 0 saturated carbocycles. The second-order valence-electron chi connectivity index (χ2n) is 6.35. The first-order valence-electron chi connectivity index (χ1n) is 8.83. The number of hydrogen-bond acceptors (Lipinski definition) is 4. The SMILES string of the molecule is CCOCCN(C[C@@H](C)C(=O)O)C(=O)C[C@H]1CCOc2ccccc21. The van der Waals surface area contributed by atoms with Crippen molar-refractivity contribution in [1.82, 2.24) is 4.90 Å². The zero-order chi connectivity index (χ0) is 18.2. The van der Waals surface area contributed by atoms with Crippen LogP contribution in [0.4, 0.5) is 0 Å². The number of carboxylic acid groups (broad SMARTS) is 1. The minimum atomic E-state index is -0.898. The number of carbonyl (C=O) groups is 2. The fraction of sp³-hybridized carbons (Fsp3) is 0.579. The van der Waals surface area contributed by atoms with Crippen molar-refractivity contribution in [2.24, 2.45) is 5.92 Å². The molecule has 0 aromatic heterocycles. The zero-order valence-corrected chi connectivity index (χ0v) is 14.9. The lowest BCUT2D eigenvalue weighted by Gasteiger charge is -2.29. The van der Waals surface area contributed by atoms with Crippen LogP contribution in [-0.2, 0) is 14.3 Å². The van der Waals surface area contributed by atoms with E-state index in [9.17, 15) is 9.59 Å². The number of hydrogen-bond donors (Lipinski definition) is 1. The van der Waals surface area contributed by atoms with Crippen LogP contribution in [0, 0.1) is 5.92 Å². The molecule has 25 heavy (non-hydrogen) atoms. The third-order valence-electron chi connectivity index (χ3n) is 4.48. The van der Waals surface area contributed by atoms with E-state index >= 15 is 0 Å². The highest BCUT2D eigenvalue weighted by atomic mass is 16.5. The molecule has 1 aliphatic heterocycles. The third kappa shape index (κ3) is 5.46. The van der Waals surface area contributed by atoms with Gasteiger partial charge in [0.25, 0.3) is 0 Å². The topological polar surface area (TPSA) is 76.1 Å². The van der Waals surface area contributed by atoms with Gasteiger partial charge >= 0.3 is 5.97 Å². The van der Waals surface area contributed by atoms with Crippen LogP contribution in [-0.4, -0.2) is 54.8 Å². The Kier molecular flexibility index (Phi) is 7.25. The van der Waals surface area contributed by atoms with Crippen LogP contribution in [0.2, 0.25) is 0 Å². The van der Waals surface area contributed by atoms with E-state index in [1.165, 1.54) is 0 Å². The van der Waals surface area contributed by atoms with Crippen molar-refractivity contribution in [3.63, 3.8) is 0 Å². The summed E-state index contributed by atoms with van der Waals surface area (Å²) in [5, 5.41) is 9.15. The van der Waals surface area contributed by atoms with Crippen LogP contribution in [0.1, 0.15) is 38.2 Å². The molecular weight excluding hydrogens is 322 g/mol. The monoisotopic (exact) mass is 349 g/mol. The maximum atomic E-state index is 12.8. The van der Waals surface area contributed by atoms with Crippen molar-refractivity contribution >= 4 is 11.9 Å². The standard InChI is InChI=1S/C19H27NO5/c1-3-24-11-9-20(13-14(2)19(22)23)18(21)12-15-8-10-25-17-7-5-4-6-16(15)17/h4-7,14-15H,3,8-13H2,1-2H3,(H,22,23)/t14-,15-/m1/s1. The van der Waals surface area contributed by atoms with Crippen molar-refractivity contribution in [2.75, 3.05) is 32.9 Å². The molecule has 6 nitrogen and oxygen atoms in total. The summed E-state index contributed by atoms with van der Waals surface area (Å²) < 4.78 is 11.0. The summed E-state index contributed by atoms with van der Waals surface area (Å²) in [5.41, 5.74) is 1.05. The molecule has 138 valence electrons. The van der Waals surface area contributed by atoms with E-state index in [0.29, 0.717) is 32.8 Å². The summed E-state index contributed by atoms with van der Waals surface area (Å²) in [6, 6.07) is 7.79. The molecule has 2 rings (SSSR count). The summed E-state index contributed by atoms with van der Waals surface area (Å²) in [6.07, 6.45) is 1.15. The molecule has 1 aromatic carbocycles. The largest absolute Gasteiger partial charge is 0.493 e. The normalized spacial score (nSPS) is 17.3. The summed E-state index contributed by atoms with van der Waals surface area (Å²) in [4.78, 5) is 25.6. The first-order valence-corrected chi connectivity index (χ1v) is 8.83. The Morgan fingerprint density at radius 3 is 2.88 bits per heavy atom. The number of rotatable bonds is 9. The predicted octanol–water partition coefficient (Wildman–Crippen LogP) is 2.53. The second kappa shape index (κ2) is 9.42. The molecular formula is C19H27NO5. The van der Waals surface area contributed by atoms with Crippen LogP contribution in [0.5, 0.6) is 5.75 Å². The van der Waals surface area contributed by atoms with E-state index in [1.807, 2.05) is 31.2 Å². The molecule has 2 atom stereocenters. The number of aliphatic carboxylic acids is 1. The van der Waals surface area contributed by atoms with Crippen LogP contribution in [0.15, 0.2) is 24.3 Å². The van der Waals surface area contributed by atoms with Gasteiger partial charge in [0.15, 0.2) is 0 Å². The van der Waals surface area contributed by atoms with Crippen molar-refractivity contribution in [2.45, 2.75) is 32.6 Å². The van der Waals surface area contributed by atoms with E-state index in [1.54, 1.807) is 11.8 Å². The van der Waals surface area contributed by atoms with Crippen molar-refractivity contribution in [3.8, 4) is 5.75 Å². The maximum Gasteiger partial charge on any atom is 0.308 e. The van der Waals surface area contributed by atoms with Gasteiger partial charge in [-0.25, -0.2) is 0 Å². The number of carbonyl (C=O) groups excluding carboxylic acids is 1. The quantitative estimate of drug-likeness (QED) is 0.693. The van der Waals surface area contributed by atoms with Gasteiger partial charge in [0, 0.05) is 26.1 Å². The molecule has 6 heteroatoms. The van der Waals surface area contributed by atoms with Gasteiger partial charge in [-0.2, -0.15) is 0 Å². The number of nitrogens with zero attached hydrogens (tertiary/aromatic N) is 1. The van der Waals surface area contributed by atoms with E-state index in [4.69, 9.17) is 14.6 Å². The van der Waals surface area contributed by atoms with Crippen LogP contribution in [0.3, 0.4) is 0 Å². The average Bonchev–Trinajstić information content (AvgIpc) is 2.61. The highest BCUT2D eigenvalue weighted by molar-refractivity contribution is 5.78.